The number of hydrogen-bond acceptors (Lipinski definition) is 6. The van der Waals surface area contributed by atoms with Gasteiger partial charge in [0.05, 0.1) is 32.0 Å². The number of carbonyl (C=O) groups excluding carboxylic acids is 1. The zero-order valence-corrected chi connectivity index (χ0v) is 18.9. The molecule has 1 amide bonds. The minimum absolute atomic E-state index is 0.101. The van der Waals surface area contributed by atoms with E-state index in [1.165, 1.54) is 0 Å². The van der Waals surface area contributed by atoms with E-state index < -0.39 is 31.7 Å². The van der Waals surface area contributed by atoms with Crippen LogP contribution in [0.25, 0.3) is 0 Å². The highest BCUT2D eigenvalue weighted by Crippen LogP contribution is 2.23. The number of β-amino-alcohol motifs (C(OH)–C–C–N with tert-alkyl or cyclic N) is 1. The zero-order valence-electron chi connectivity index (χ0n) is 18.9. The number of nitrogens with zero attached hydrogens (tertiary/aromatic N) is 2. The molecule has 1 aromatic carbocycles. The molecule has 0 unspecified atom stereocenters. The van der Waals surface area contributed by atoms with Gasteiger partial charge in [0.2, 0.25) is 0 Å². The predicted octanol–water partition coefficient (Wildman–Crippen LogP) is 2.06. The number of aryl methyl sites for hydroxylation is 1. The molecule has 0 spiro atoms. The van der Waals surface area contributed by atoms with Crippen molar-refractivity contribution in [1.82, 2.24) is 9.80 Å². The molecule has 2 atom stereocenters. The summed E-state index contributed by atoms with van der Waals surface area (Å²) in [5.41, 5.74) is 1.60. The van der Waals surface area contributed by atoms with Crippen molar-refractivity contribution in [2.24, 2.45) is 0 Å². The quantitative estimate of drug-likeness (QED) is 0.436. The molecule has 1 heterocycles. The maximum atomic E-state index is 13.0. The molecule has 0 radical (unpaired) electrons. The first-order valence-corrected chi connectivity index (χ1v) is 10.7. The molecule has 2 rings (SSSR count). The smallest absolute Gasteiger partial charge is 0.330 e. The van der Waals surface area contributed by atoms with E-state index >= 15 is 0 Å². The van der Waals surface area contributed by atoms with Gasteiger partial charge >= 0.3 is 12.3 Å². The van der Waals surface area contributed by atoms with Crippen molar-refractivity contribution in [1.29, 1.82) is 0 Å². The number of benzene rings is 1. The molecule has 11 heteroatoms. The second kappa shape index (κ2) is 13.2. The lowest BCUT2D eigenvalue weighted by Gasteiger charge is -2.36. The Labute approximate surface area is 191 Å². The van der Waals surface area contributed by atoms with Gasteiger partial charge in [0.1, 0.15) is 6.61 Å². The molecule has 1 aromatic rings. The molecule has 1 saturated heterocycles. The van der Waals surface area contributed by atoms with Crippen molar-refractivity contribution in [3.05, 3.63) is 35.4 Å². The van der Waals surface area contributed by atoms with Crippen LogP contribution >= 0.6 is 0 Å². The number of hydrogen-bond donors (Lipinski definition) is 1. The number of amides is 1. The van der Waals surface area contributed by atoms with E-state index in [4.69, 9.17) is 9.47 Å². The highest BCUT2D eigenvalue weighted by Gasteiger charge is 2.41. The molecular weight excluding hydrogens is 448 g/mol. The molecule has 1 N–H and O–H groups in total. The Morgan fingerprint density at radius 2 is 2.03 bits per heavy atom. The molecule has 1 aliphatic heterocycles. The van der Waals surface area contributed by atoms with Crippen LogP contribution in [-0.2, 0) is 14.2 Å². The Morgan fingerprint density at radius 3 is 2.67 bits per heavy atom. The van der Waals surface area contributed by atoms with Crippen LogP contribution in [0.15, 0.2) is 24.3 Å². The first kappa shape index (κ1) is 27.5. The van der Waals surface area contributed by atoms with Gasteiger partial charge < -0.3 is 24.2 Å². The van der Waals surface area contributed by atoms with E-state index in [9.17, 15) is 27.5 Å². The van der Waals surface area contributed by atoms with Gasteiger partial charge in [-0.05, 0) is 19.1 Å². The fraction of sp³-hybridized carbons (Fsp3) is 0.682. The number of aliphatic hydroxyl groups is 1. The van der Waals surface area contributed by atoms with E-state index in [0.29, 0.717) is 45.0 Å². The predicted molar refractivity (Wildman–Crippen MR) is 113 cm³/mol. The zero-order chi connectivity index (χ0) is 24.4. The summed E-state index contributed by atoms with van der Waals surface area (Å²) in [6, 6.07) is 7.25. The maximum absolute atomic E-state index is 13.0. The van der Waals surface area contributed by atoms with Crippen LogP contribution in [0.4, 0.5) is 17.6 Å². The van der Waals surface area contributed by atoms with Gasteiger partial charge in [-0.2, -0.15) is 8.78 Å². The number of halogens is 4. The van der Waals surface area contributed by atoms with E-state index in [2.05, 4.69) is 4.74 Å². The SMILES string of the molecule is COCCN(C[C@H]1CN(C[C@H](O)COCC(F)(F)C(F)F)CCO1)C(=O)c1ccc(C)cc1. The van der Waals surface area contributed by atoms with Crippen LogP contribution in [0.1, 0.15) is 15.9 Å². The van der Waals surface area contributed by atoms with E-state index in [0.717, 1.165) is 5.56 Å². The number of methoxy groups -OCH3 is 1. The number of morpholine rings is 1. The fourth-order valence-corrected chi connectivity index (χ4v) is 3.40. The summed E-state index contributed by atoms with van der Waals surface area (Å²) in [7, 11) is 1.55. The van der Waals surface area contributed by atoms with Crippen molar-refractivity contribution in [3.8, 4) is 0 Å². The topological polar surface area (TPSA) is 71.5 Å². The highest BCUT2D eigenvalue weighted by atomic mass is 19.3. The van der Waals surface area contributed by atoms with Crippen LogP contribution in [0.5, 0.6) is 0 Å². The molecule has 1 aliphatic rings. The Morgan fingerprint density at radius 1 is 1.33 bits per heavy atom. The number of rotatable bonds is 13. The van der Waals surface area contributed by atoms with Gasteiger partial charge in [-0.1, -0.05) is 17.7 Å². The molecular formula is C22H32F4N2O5. The van der Waals surface area contributed by atoms with Crippen molar-refractivity contribution < 1.29 is 41.7 Å². The number of ether oxygens (including phenoxy) is 3. The van der Waals surface area contributed by atoms with Gasteiger partial charge in [0.25, 0.3) is 5.91 Å². The largest absolute Gasteiger partial charge is 0.389 e. The molecule has 0 bridgehead atoms. The lowest BCUT2D eigenvalue weighted by atomic mass is 10.1. The summed E-state index contributed by atoms with van der Waals surface area (Å²) in [5.74, 6) is -4.40. The highest BCUT2D eigenvalue weighted by molar-refractivity contribution is 5.94. The molecule has 1 fully saturated rings. The van der Waals surface area contributed by atoms with Crippen LogP contribution in [0, 0.1) is 6.92 Å². The molecule has 0 saturated carbocycles. The molecule has 33 heavy (non-hydrogen) atoms. The van der Waals surface area contributed by atoms with Crippen LogP contribution < -0.4 is 0 Å². The summed E-state index contributed by atoms with van der Waals surface area (Å²) in [6.45, 7) is 2.37. The average molecular weight is 480 g/mol. The summed E-state index contributed by atoms with van der Waals surface area (Å²) in [4.78, 5) is 16.5. The normalized spacial score (nSPS) is 18.5. The van der Waals surface area contributed by atoms with E-state index in [1.807, 2.05) is 24.0 Å². The Balaban J connectivity index is 1.87. The van der Waals surface area contributed by atoms with Crippen molar-refractivity contribution >= 4 is 5.91 Å². The fourth-order valence-electron chi connectivity index (χ4n) is 3.40. The minimum atomic E-state index is -4.25. The lowest BCUT2D eigenvalue weighted by molar-refractivity contribution is -0.171. The average Bonchev–Trinajstić information content (AvgIpc) is 2.76. The maximum Gasteiger partial charge on any atom is 0.330 e. The monoisotopic (exact) mass is 480 g/mol. The third kappa shape index (κ3) is 9.17. The number of aliphatic hydroxyl groups excluding tert-OH is 1. The molecule has 188 valence electrons. The number of alkyl halides is 4. The van der Waals surface area contributed by atoms with Gasteiger partial charge in [-0.15, -0.1) is 0 Å². The van der Waals surface area contributed by atoms with Crippen LogP contribution in [0.2, 0.25) is 0 Å². The van der Waals surface area contributed by atoms with Gasteiger partial charge in [0, 0.05) is 45.4 Å². The molecule has 0 aliphatic carbocycles. The second-order valence-electron chi connectivity index (χ2n) is 8.09. The summed E-state index contributed by atoms with van der Waals surface area (Å²) < 4.78 is 65.6. The van der Waals surface area contributed by atoms with Gasteiger partial charge in [-0.3, -0.25) is 9.69 Å². The van der Waals surface area contributed by atoms with Crippen molar-refractivity contribution in [2.75, 3.05) is 66.3 Å². The van der Waals surface area contributed by atoms with Crippen LogP contribution in [-0.4, -0.2) is 112 Å². The first-order chi connectivity index (χ1) is 15.6. The molecule has 0 aromatic heterocycles. The molecule has 7 nitrogen and oxygen atoms in total. The number of carbonyl (C=O) groups is 1. The van der Waals surface area contributed by atoms with E-state index in [1.54, 1.807) is 24.1 Å². The van der Waals surface area contributed by atoms with Crippen molar-refractivity contribution in [2.45, 2.75) is 31.5 Å². The van der Waals surface area contributed by atoms with Crippen LogP contribution in [0.3, 0.4) is 0 Å². The second-order valence-corrected chi connectivity index (χ2v) is 8.09. The Bertz CT molecular complexity index is 723. The minimum Gasteiger partial charge on any atom is -0.389 e. The van der Waals surface area contributed by atoms with Gasteiger partial charge in [-0.25, -0.2) is 8.78 Å². The van der Waals surface area contributed by atoms with E-state index in [-0.39, 0.29) is 18.6 Å². The Hall–Kier alpha value is -1.79. The standard InChI is InChI=1S/C22H32F4N2O5/c1-16-3-5-17(6-4-16)20(30)28(8-9-31-2)13-19-12-27(7-10-33-19)11-18(29)14-32-15-22(25,26)21(23)24/h3-6,18-19,21,29H,7-15H2,1-2H3/t18-,19+/m0/s1. The summed E-state index contributed by atoms with van der Waals surface area (Å²) >= 11 is 0. The first-order valence-electron chi connectivity index (χ1n) is 10.7. The lowest BCUT2D eigenvalue weighted by Crippen LogP contribution is -2.51. The van der Waals surface area contributed by atoms with Crippen molar-refractivity contribution in [3.63, 3.8) is 0 Å². The summed E-state index contributed by atoms with van der Waals surface area (Å²) in [5, 5.41) is 10.1. The Kier molecular flexibility index (Phi) is 11.0. The van der Waals surface area contributed by atoms with Gasteiger partial charge in [0.15, 0.2) is 0 Å². The third-order valence-corrected chi connectivity index (χ3v) is 5.19. The third-order valence-electron chi connectivity index (χ3n) is 5.19. The summed E-state index contributed by atoms with van der Waals surface area (Å²) in [6.07, 6.45) is -5.28.